The molecule has 0 fully saturated rings. The largest absolute Gasteiger partial charge is 0.480 e. The van der Waals surface area contributed by atoms with Crippen molar-refractivity contribution in [1.82, 2.24) is 20.6 Å². The van der Waals surface area contributed by atoms with Gasteiger partial charge >= 0.3 is 12.0 Å². The second-order valence-electron chi connectivity index (χ2n) is 4.14. The summed E-state index contributed by atoms with van der Waals surface area (Å²) in [5.74, 6) is -1.60. The highest BCUT2D eigenvalue weighted by atomic mass is 16.4. The molecule has 110 valence electrons. The van der Waals surface area contributed by atoms with Gasteiger partial charge in [0, 0.05) is 31.3 Å². The van der Waals surface area contributed by atoms with Crippen LogP contribution in [0, 0.1) is 0 Å². The number of carboxylic acids is 1. The van der Waals surface area contributed by atoms with Gasteiger partial charge in [0.05, 0.1) is 6.33 Å². The van der Waals surface area contributed by atoms with E-state index in [4.69, 9.17) is 10.8 Å². The van der Waals surface area contributed by atoms with Gasteiger partial charge < -0.3 is 26.5 Å². The van der Waals surface area contributed by atoms with Gasteiger partial charge in [-0.1, -0.05) is 0 Å². The molecule has 0 saturated carbocycles. The summed E-state index contributed by atoms with van der Waals surface area (Å²) in [4.78, 5) is 39.6. The van der Waals surface area contributed by atoms with Crippen molar-refractivity contribution in [2.24, 2.45) is 5.73 Å². The van der Waals surface area contributed by atoms with Gasteiger partial charge in [0.1, 0.15) is 6.04 Å². The number of carboxylic acid groups (broad SMARTS) is 1. The molecule has 1 heterocycles. The van der Waals surface area contributed by atoms with Crippen LogP contribution in [0.4, 0.5) is 4.79 Å². The minimum Gasteiger partial charge on any atom is -0.480 e. The number of hydrogen-bond acceptors (Lipinski definition) is 4. The van der Waals surface area contributed by atoms with Gasteiger partial charge in [0.2, 0.25) is 5.91 Å². The van der Waals surface area contributed by atoms with Crippen molar-refractivity contribution in [2.45, 2.75) is 25.3 Å². The van der Waals surface area contributed by atoms with Crippen LogP contribution < -0.4 is 16.4 Å². The summed E-state index contributed by atoms with van der Waals surface area (Å²) < 4.78 is 0. The summed E-state index contributed by atoms with van der Waals surface area (Å²) in [6.07, 6.45) is 3.59. The van der Waals surface area contributed by atoms with E-state index in [2.05, 4.69) is 20.6 Å². The van der Waals surface area contributed by atoms with Gasteiger partial charge in [0.15, 0.2) is 0 Å². The third-order valence-corrected chi connectivity index (χ3v) is 2.47. The molecular formula is C11H17N5O4. The minimum atomic E-state index is -1.15. The van der Waals surface area contributed by atoms with Crippen molar-refractivity contribution in [2.75, 3.05) is 6.54 Å². The maximum Gasteiger partial charge on any atom is 0.326 e. The Morgan fingerprint density at radius 3 is 2.75 bits per heavy atom. The first kappa shape index (κ1) is 15.5. The molecule has 9 heteroatoms. The Morgan fingerprint density at radius 2 is 2.20 bits per heavy atom. The quantitative estimate of drug-likeness (QED) is 0.386. The lowest BCUT2D eigenvalue weighted by atomic mass is 10.2. The maximum atomic E-state index is 11.5. The van der Waals surface area contributed by atoms with Crippen molar-refractivity contribution in [3.05, 3.63) is 18.2 Å². The average molecular weight is 283 g/mol. The summed E-state index contributed by atoms with van der Waals surface area (Å²) >= 11 is 0. The minimum absolute atomic E-state index is 0.101. The van der Waals surface area contributed by atoms with Crippen LogP contribution in [-0.2, 0) is 16.0 Å². The molecule has 20 heavy (non-hydrogen) atoms. The lowest BCUT2D eigenvalue weighted by Gasteiger charge is -2.14. The molecule has 0 saturated heterocycles. The van der Waals surface area contributed by atoms with Gasteiger partial charge in [-0.3, -0.25) is 4.79 Å². The third-order valence-electron chi connectivity index (χ3n) is 2.47. The summed E-state index contributed by atoms with van der Waals surface area (Å²) in [5, 5.41) is 13.8. The molecule has 0 aliphatic carbocycles. The Bertz CT molecular complexity index is 459. The fraction of sp³-hybridized carbons (Fsp3) is 0.455. The van der Waals surface area contributed by atoms with Crippen LogP contribution >= 0.6 is 0 Å². The number of imidazole rings is 1. The second-order valence-corrected chi connectivity index (χ2v) is 4.14. The van der Waals surface area contributed by atoms with Crippen LogP contribution in [0.15, 0.2) is 12.5 Å². The highest BCUT2D eigenvalue weighted by Crippen LogP contribution is 1.98. The lowest BCUT2D eigenvalue weighted by Crippen LogP contribution is -2.47. The van der Waals surface area contributed by atoms with Gasteiger partial charge in [-0.25, -0.2) is 14.6 Å². The molecule has 6 N–H and O–H groups in total. The summed E-state index contributed by atoms with van der Waals surface area (Å²) in [7, 11) is 0. The first-order valence-electron chi connectivity index (χ1n) is 6.01. The third kappa shape index (κ3) is 5.85. The number of nitrogens with two attached hydrogens (primary N) is 1. The van der Waals surface area contributed by atoms with Crippen LogP contribution in [0.3, 0.4) is 0 Å². The van der Waals surface area contributed by atoms with Crippen molar-refractivity contribution in [3.8, 4) is 0 Å². The summed E-state index contributed by atoms with van der Waals surface area (Å²) in [6.45, 7) is 0.241. The molecular weight excluding hydrogens is 266 g/mol. The van der Waals surface area contributed by atoms with E-state index in [0.717, 1.165) is 0 Å². The number of urea groups is 1. The number of primary amides is 1. The van der Waals surface area contributed by atoms with Crippen molar-refractivity contribution in [3.63, 3.8) is 0 Å². The molecule has 0 bridgehead atoms. The van der Waals surface area contributed by atoms with E-state index in [1.165, 1.54) is 12.5 Å². The number of aliphatic carboxylic acids is 1. The number of rotatable bonds is 8. The number of nitrogens with one attached hydrogen (secondary N) is 3. The molecule has 1 aromatic heterocycles. The molecule has 0 aliphatic heterocycles. The Labute approximate surface area is 114 Å². The summed E-state index contributed by atoms with van der Waals surface area (Å²) in [6, 6.07) is -1.67. The van der Waals surface area contributed by atoms with Crippen LogP contribution in [0.25, 0.3) is 0 Å². The lowest BCUT2D eigenvalue weighted by molar-refractivity contribution is -0.139. The van der Waals surface area contributed by atoms with Crippen LogP contribution in [0.5, 0.6) is 0 Å². The molecule has 9 nitrogen and oxygen atoms in total. The van der Waals surface area contributed by atoms with E-state index in [1.54, 1.807) is 0 Å². The number of carbonyl (C=O) groups excluding carboxylic acids is 2. The predicted octanol–water partition coefficient (Wildman–Crippen LogP) is -1.03. The topological polar surface area (TPSA) is 150 Å². The molecule has 1 aromatic rings. The fourth-order valence-electron chi connectivity index (χ4n) is 1.49. The van der Waals surface area contributed by atoms with Gasteiger partial charge in [-0.05, 0) is 6.42 Å². The number of nitrogens with zero attached hydrogens (tertiary/aromatic N) is 1. The Hall–Kier alpha value is -2.58. The van der Waals surface area contributed by atoms with Crippen molar-refractivity contribution in [1.29, 1.82) is 0 Å². The SMILES string of the molecule is NC(=O)CCCNC(=O)N[C@@H](Cc1cnc[nH]1)C(=O)O. The first-order valence-corrected chi connectivity index (χ1v) is 6.01. The monoisotopic (exact) mass is 283 g/mol. The van der Waals surface area contributed by atoms with Gasteiger partial charge in [0.25, 0.3) is 0 Å². The predicted molar refractivity (Wildman–Crippen MR) is 68.7 cm³/mol. The average Bonchev–Trinajstić information content (AvgIpc) is 2.86. The zero-order valence-corrected chi connectivity index (χ0v) is 10.8. The second kappa shape index (κ2) is 7.77. The normalized spacial score (nSPS) is 11.6. The van der Waals surface area contributed by atoms with Crippen molar-refractivity contribution < 1.29 is 19.5 Å². The first-order chi connectivity index (χ1) is 9.49. The Balaban J connectivity index is 2.35. The molecule has 1 rings (SSSR count). The van der Waals surface area contributed by atoms with Crippen LogP contribution in [0.1, 0.15) is 18.5 Å². The van der Waals surface area contributed by atoms with Gasteiger partial charge in [-0.15, -0.1) is 0 Å². The van der Waals surface area contributed by atoms with E-state index < -0.39 is 23.9 Å². The highest BCUT2D eigenvalue weighted by molar-refractivity contribution is 5.82. The Kier molecular flexibility index (Phi) is 6.01. The molecule has 3 amide bonds. The number of carbonyl (C=O) groups is 3. The Morgan fingerprint density at radius 1 is 1.45 bits per heavy atom. The molecule has 0 spiro atoms. The van der Waals surface area contributed by atoms with Crippen LogP contribution in [0.2, 0.25) is 0 Å². The smallest absolute Gasteiger partial charge is 0.326 e. The van der Waals surface area contributed by atoms with Crippen molar-refractivity contribution >= 4 is 17.9 Å². The maximum absolute atomic E-state index is 11.5. The van der Waals surface area contributed by atoms with Crippen LogP contribution in [-0.4, -0.2) is 45.6 Å². The summed E-state index contributed by atoms with van der Waals surface area (Å²) in [5.41, 5.74) is 5.55. The number of H-pyrrole nitrogens is 1. The zero-order chi connectivity index (χ0) is 15.0. The van der Waals surface area contributed by atoms with E-state index >= 15 is 0 Å². The number of aromatic amines is 1. The molecule has 0 unspecified atom stereocenters. The molecule has 0 aromatic carbocycles. The highest BCUT2D eigenvalue weighted by Gasteiger charge is 2.20. The van der Waals surface area contributed by atoms with E-state index in [1.807, 2.05) is 0 Å². The van der Waals surface area contributed by atoms with E-state index in [-0.39, 0.29) is 19.4 Å². The number of aromatic nitrogens is 2. The number of amides is 3. The standard InChI is InChI=1S/C11H17N5O4/c12-9(17)2-1-3-14-11(20)16-8(10(18)19)4-7-5-13-6-15-7/h5-6,8H,1-4H2,(H2,12,17)(H,13,15)(H,18,19)(H2,14,16,20)/t8-/m0/s1. The molecule has 0 radical (unpaired) electrons. The van der Waals surface area contributed by atoms with E-state index in [9.17, 15) is 14.4 Å². The number of hydrogen-bond donors (Lipinski definition) is 5. The zero-order valence-electron chi connectivity index (χ0n) is 10.8. The molecule has 1 atom stereocenters. The molecule has 0 aliphatic rings. The van der Waals surface area contributed by atoms with E-state index in [0.29, 0.717) is 12.1 Å². The fourth-order valence-corrected chi connectivity index (χ4v) is 1.49. The van der Waals surface area contributed by atoms with Gasteiger partial charge in [-0.2, -0.15) is 0 Å².